The van der Waals surface area contributed by atoms with E-state index in [-0.39, 0.29) is 48.4 Å². The second-order valence-corrected chi connectivity index (χ2v) is 14.3. The molecule has 1 fully saturated rings. The molecule has 0 radical (unpaired) electrons. The van der Waals surface area contributed by atoms with Gasteiger partial charge in [0.2, 0.25) is 29.5 Å². The van der Waals surface area contributed by atoms with Gasteiger partial charge in [-0.05, 0) is 91.1 Å². The Hall–Kier alpha value is -3.52. The number of nitrogens with zero attached hydrogens (tertiary/aromatic N) is 1. The first-order valence-corrected chi connectivity index (χ1v) is 17.3. The van der Waals surface area contributed by atoms with Crippen LogP contribution in [0.1, 0.15) is 106 Å². The van der Waals surface area contributed by atoms with Crippen molar-refractivity contribution in [2.45, 2.75) is 142 Å². The fraction of sp³-hybridized carbons (Fsp3) is 0.765. The quantitative estimate of drug-likeness (QED) is 0.0854. The molecule has 14 heteroatoms. The number of nitrogens with two attached hydrogens (primary N) is 1. The van der Waals surface area contributed by atoms with Crippen LogP contribution < -0.4 is 27.0 Å². The molecule has 1 aliphatic carbocycles. The van der Waals surface area contributed by atoms with Crippen molar-refractivity contribution in [1.29, 1.82) is 0 Å². The van der Waals surface area contributed by atoms with Crippen molar-refractivity contribution in [2.75, 3.05) is 13.1 Å². The SMILES string of the molecule is CC(C)[C@H](NC(=O)CCCCCN1C(=O)C=CC1O)C(=O)N[C@@H](C)C(=O)N[C@@H](CCCCNC(=O)C1CC[C@H](N)C1)C(=O)OC(C)(C)C. The highest BCUT2D eigenvalue weighted by Crippen LogP contribution is 2.24. The Kier molecular flexibility index (Phi) is 16.5. The van der Waals surface area contributed by atoms with E-state index >= 15 is 0 Å². The van der Waals surface area contributed by atoms with E-state index < -0.39 is 47.7 Å². The third-order valence-electron chi connectivity index (χ3n) is 8.40. The fourth-order valence-electron chi connectivity index (χ4n) is 5.64. The Labute approximate surface area is 284 Å². The number of carbonyl (C=O) groups excluding carboxylic acids is 6. The van der Waals surface area contributed by atoms with Crippen molar-refractivity contribution >= 4 is 35.5 Å². The van der Waals surface area contributed by atoms with Crippen LogP contribution in [-0.2, 0) is 33.5 Å². The molecule has 1 saturated carbocycles. The van der Waals surface area contributed by atoms with Gasteiger partial charge in [-0.25, -0.2) is 4.79 Å². The number of ether oxygens (including phenoxy) is 1. The molecule has 48 heavy (non-hydrogen) atoms. The highest BCUT2D eigenvalue weighted by atomic mass is 16.6. The number of rotatable bonds is 19. The molecule has 0 aromatic carbocycles. The van der Waals surface area contributed by atoms with Crippen molar-refractivity contribution in [3.8, 4) is 0 Å². The van der Waals surface area contributed by atoms with Crippen LogP contribution in [0.3, 0.4) is 0 Å². The lowest BCUT2D eigenvalue weighted by Gasteiger charge is -2.27. The lowest BCUT2D eigenvalue weighted by molar-refractivity contribution is -0.159. The van der Waals surface area contributed by atoms with Crippen molar-refractivity contribution in [1.82, 2.24) is 26.2 Å². The van der Waals surface area contributed by atoms with Gasteiger partial charge < -0.3 is 41.7 Å². The molecule has 5 amide bonds. The van der Waals surface area contributed by atoms with Crippen molar-refractivity contribution in [3.63, 3.8) is 0 Å². The molecule has 1 aliphatic heterocycles. The molecule has 2 aliphatic rings. The summed E-state index contributed by atoms with van der Waals surface area (Å²) in [5.41, 5.74) is 5.14. The maximum atomic E-state index is 13.1. The van der Waals surface area contributed by atoms with Gasteiger partial charge in [-0.3, -0.25) is 24.0 Å². The highest BCUT2D eigenvalue weighted by Gasteiger charge is 2.31. The average molecular weight is 679 g/mol. The van der Waals surface area contributed by atoms with Gasteiger partial charge in [0, 0.05) is 37.5 Å². The number of aliphatic hydroxyl groups excluding tert-OH is 1. The summed E-state index contributed by atoms with van der Waals surface area (Å²) in [5, 5.41) is 20.8. The molecule has 0 bridgehead atoms. The third-order valence-corrected chi connectivity index (χ3v) is 8.40. The second kappa shape index (κ2) is 19.5. The Morgan fingerprint density at radius 1 is 0.979 bits per heavy atom. The number of hydrogen-bond acceptors (Lipinski definition) is 9. The smallest absolute Gasteiger partial charge is 0.329 e. The van der Waals surface area contributed by atoms with Crippen LogP contribution in [-0.4, -0.2) is 94.6 Å². The van der Waals surface area contributed by atoms with Crippen LogP contribution in [0.25, 0.3) is 0 Å². The van der Waals surface area contributed by atoms with E-state index in [2.05, 4.69) is 21.3 Å². The number of nitrogens with one attached hydrogen (secondary N) is 4. The summed E-state index contributed by atoms with van der Waals surface area (Å²) < 4.78 is 5.53. The fourth-order valence-corrected chi connectivity index (χ4v) is 5.64. The van der Waals surface area contributed by atoms with E-state index in [0.717, 1.165) is 12.8 Å². The third kappa shape index (κ3) is 14.3. The van der Waals surface area contributed by atoms with Crippen LogP contribution in [0, 0.1) is 11.8 Å². The van der Waals surface area contributed by atoms with Gasteiger partial charge in [0.25, 0.3) is 0 Å². The first kappa shape index (κ1) is 40.7. The van der Waals surface area contributed by atoms with E-state index in [0.29, 0.717) is 51.6 Å². The lowest BCUT2D eigenvalue weighted by atomic mass is 10.0. The predicted molar refractivity (Wildman–Crippen MR) is 180 cm³/mol. The Balaban J connectivity index is 1.82. The molecular formula is C34H58N6O8. The van der Waals surface area contributed by atoms with E-state index in [1.165, 1.54) is 24.0 Å². The number of amides is 5. The zero-order valence-electron chi connectivity index (χ0n) is 29.5. The van der Waals surface area contributed by atoms with Gasteiger partial charge in [-0.2, -0.15) is 0 Å². The van der Waals surface area contributed by atoms with E-state index in [1.54, 1.807) is 34.6 Å². The monoisotopic (exact) mass is 678 g/mol. The van der Waals surface area contributed by atoms with Crippen molar-refractivity contribution < 1.29 is 38.6 Å². The summed E-state index contributed by atoms with van der Waals surface area (Å²) in [6, 6.07) is -2.77. The molecule has 272 valence electrons. The minimum absolute atomic E-state index is 0.00783. The number of unbranched alkanes of at least 4 members (excludes halogenated alkanes) is 3. The number of esters is 1. The van der Waals surface area contributed by atoms with E-state index in [4.69, 9.17) is 10.5 Å². The normalized spacial score (nSPS) is 21.1. The Morgan fingerprint density at radius 3 is 2.27 bits per heavy atom. The molecule has 6 atom stereocenters. The van der Waals surface area contributed by atoms with Gasteiger partial charge in [0.1, 0.15) is 30.0 Å². The number of aliphatic hydroxyl groups is 1. The van der Waals surface area contributed by atoms with Gasteiger partial charge in [0.05, 0.1) is 0 Å². The van der Waals surface area contributed by atoms with Crippen molar-refractivity contribution in [3.05, 3.63) is 12.2 Å². The largest absolute Gasteiger partial charge is 0.458 e. The van der Waals surface area contributed by atoms with Gasteiger partial charge in [-0.1, -0.05) is 20.3 Å². The van der Waals surface area contributed by atoms with Gasteiger partial charge in [-0.15, -0.1) is 0 Å². The minimum atomic E-state index is -1.00. The standard InChI is InChI=1S/C34H58N6O8/c1-21(2)29(39-26(41)13-8-7-11-19-40-27(42)16-17-28(40)43)32(46)37-22(3)30(44)38-25(33(47)48-34(4,5)6)12-9-10-18-36-31(45)23-14-15-24(35)20-23/h16-17,21-25,27,29,42H,7-15,18-20,35H2,1-6H3,(H,36,45)(H,37,46)(H,38,44)(H,39,41)/t22-,23?,24-,25-,27?,29-/m0/s1. The van der Waals surface area contributed by atoms with Crippen LogP contribution in [0.15, 0.2) is 12.2 Å². The topological polar surface area (TPSA) is 209 Å². The summed E-state index contributed by atoms with van der Waals surface area (Å²) in [7, 11) is 0. The molecule has 2 unspecified atom stereocenters. The Bertz CT molecular complexity index is 1150. The number of hydrogen-bond donors (Lipinski definition) is 6. The van der Waals surface area contributed by atoms with E-state index in [9.17, 15) is 33.9 Å². The predicted octanol–water partition coefficient (Wildman–Crippen LogP) is 1.15. The minimum Gasteiger partial charge on any atom is -0.458 e. The maximum Gasteiger partial charge on any atom is 0.329 e. The van der Waals surface area contributed by atoms with Crippen LogP contribution >= 0.6 is 0 Å². The highest BCUT2D eigenvalue weighted by molar-refractivity contribution is 5.93. The zero-order chi connectivity index (χ0) is 36.0. The molecule has 14 nitrogen and oxygen atoms in total. The summed E-state index contributed by atoms with van der Waals surface area (Å²) in [6.07, 6.45) is 7.57. The summed E-state index contributed by atoms with van der Waals surface area (Å²) in [5.74, 6) is -2.58. The summed E-state index contributed by atoms with van der Waals surface area (Å²) >= 11 is 0. The molecule has 2 rings (SSSR count). The molecule has 0 spiro atoms. The first-order chi connectivity index (χ1) is 22.5. The Morgan fingerprint density at radius 2 is 1.69 bits per heavy atom. The van der Waals surface area contributed by atoms with E-state index in [1.807, 2.05) is 0 Å². The van der Waals surface area contributed by atoms with Gasteiger partial charge in [0.15, 0.2) is 0 Å². The molecule has 0 saturated heterocycles. The molecular weight excluding hydrogens is 620 g/mol. The summed E-state index contributed by atoms with van der Waals surface area (Å²) in [4.78, 5) is 77.3. The van der Waals surface area contributed by atoms with Gasteiger partial charge >= 0.3 is 5.97 Å². The molecule has 7 N–H and O–H groups in total. The lowest BCUT2D eigenvalue weighted by Crippen LogP contribution is -2.56. The van der Waals surface area contributed by atoms with Crippen molar-refractivity contribution in [2.24, 2.45) is 17.6 Å². The van der Waals surface area contributed by atoms with Crippen LogP contribution in [0.2, 0.25) is 0 Å². The summed E-state index contributed by atoms with van der Waals surface area (Å²) in [6.45, 7) is 11.1. The first-order valence-electron chi connectivity index (χ1n) is 17.3. The maximum absolute atomic E-state index is 13.1. The molecule has 1 heterocycles. The van der Waals surface area contributed by atoms with Crippen LogP contribution in [0.4, 0.5) is 0 Å². The molecule has 0 aromatic rings. The number of carbonyl (C=O) groups is 6. The second-order valence-electron chi connectivity index (χ2n) is 14.3. The van der Waals surface area contributed by atoms with Crippen LogP contribution in [0.5, 0.6) is 0 Å². The zero-order valence-corrected chi connectivity index (χ0v) is 29.5. The molecule has 0 aromatic heterocycles. The average Bonchev–Trinajstić information content (AvgIpc) is 3.57.